The Hall–Kier alpha value is -1.88. The first-order valence-corrected chi connectivity index (χ1v) is 8.42. The number of rotatable bonds is 2. The Balaban J connectivity index is 1.76. The molecule has 0 radical (unpaired) electrons. The van der Waals surface area contributed by atoms with Crippen LogP contribution in [0.2, 0.25) is 5.02 Å². The van der Waals surface area contributed by atoms with Crippen LogP contribution in [0.5, 0.6) is 0 Å². The number of ketones is 1. The Kier molecular flexibility index (Phi) is 3.75. The second-order valence-electron chi connectivity index (χ2n) is 7.53. The lowest BCUT2D eigenvalue weighted by Gasteiger charge is -2.38. The van der Waals surface area contributed by atoms with E-state index in [0.29, 0.717) is 17.9 Å². The minimum absolute atomic E-state index is 0.131. The van der Waals surface area contributed by atoms with E-state index < -0.39 is 22.2 Å². The van der Waals surface area contributed by atoms with E-state index in [0.717, 1.165) is 0 Å². The molecule has 6 heteroatoms. The molecule has 0 saturated heterocycles. The number of benzene rings is 1. The zero-order chi connectivity index (χ0) is 17.8. The van der Waals surface area contributed by atoms with Gasteiger partial charge in [0.25, 0.3) is 5.91 Å². The van der Waals surface area contributed by atoms with Crippen molar-refractivity contribution in [2.45, 2.75) is 40.0 Å². The van der Waals surface area contributed by atoms with Gasteiger partial charge in [0, 0.05) is 11.8 Å². The van der Waals surface area contributed by atoms with E-state index in [4.69, 9.17) is 11.6 Å². The van der Waals surface area contributed by atoms with E-state index >= 15 is 0 Å². The summed E-state index contributed by atoms with van der Waals surface area (Å²) >= 11 is 5.99. The van der Waals surface area contributed by atoms with Crippen LogP contribution < -0.4 is 10.9 Å². The van der Waals surface area contributed by atoms with Gasteiger partial charge in [-0.15, -0.1) is 0 Å². The maximum Gasteiger partial charge on any atom is 0.271 e. The molecule has 0 heterocycles. The number of carbonyl (C=O) groups excluding carboxylic acids is 3. The number of halogens is 1. The van der Waals surface area contributed by atoms with Crippen LogP contribution >= 0.6 is 11.6 Å². The van der Waals surface area contributed by atoms with Crippen LogP contribution in [-0.2, 0) is 9.59 Å². The molecule has 2 bridgehead atoms. The van der Waals surface area contributed by atoms with Crippen molar-refractivity contribution in [3.63, 3.8) is 0 Å². The Morgan fingerprint density at radius 1 is 1.08 bits per heavy atom. The number of hydrogen-bond acceptors (Lipinski definition) is 3. The quantitative estimate of drug-likeness (QED) is 0.807. The predicted molar refractivity (Wildman–Crippen MR) is 90.2 cm³/mol. The molecular weight excluding hydrogens is 328 g/mol. The van der Waals surface area contributed by atoms with Gasteiger partial charge in [0.2, 0.25) is 5.91 Å². The number of fused-ring (bicyclic) bond motifs is 2. The number of Topliss-reactive ketones (excluding diaryl/α,β-unsaturated/α-hetero) is 1. The summed E-state index contributed by atoms with van der Waals surface area (Å²) in [4.78, 5) is 37.4. The molecule has 2 saturated carbocycles. The molecule has 2 unspecified atom stereocenters. The molecule has 24 heavy (non-hydrogen) atoms. The molecule has 1 aromatic carbocycles. The fourth-order valence-corrected chi connectivity index (χ4v) is 4.53. The Bertz CT molecular complexity index is 746. The number of carbonyl (C=O) groups is 3. The van der Waals surface area contributed by atoms with E-state index in [2.05, 4.69) is 10.9 Å². The van der Waals surface area contributed by atoms with Crippen molar-refractivity contribution in [2.75, 3.05) is 0 Å². The van der Waals surface area contributed by atoms with Gasteiger partial charge in [-0.05, 0) is 30.4 Å². The molecule has 2 fully saturated rings. The smallest absolute Gasteiger partial charge is 0.271 e. The van der Waals surface area contributed by atoms with Crippen LogP contribution in [0.1, 0.15) is 50.4 Å². The van der Waals surface area contributed by atoms with E-state index in [9.17, 15) is 14.4 Å². The maximum atomic E-state index is 12.8. The van der Waals surface area contributed by atoms with Gasteiger partial charge in [-0.1, -0.05) is 44.5 Å². The highest BCUT2D eigenvalue weighted by atomic mass is 35.5. The third kappa shape index (κ3) is 2.04. The number of hydrogen-bond donors (Lipinski definition) is 2. The van der Waals surface area contributed by atoms with E-state index in [1.807, 2.05) is 20.8 Å². The van der Waals surface area contributed by atoms with Crippen molar-refractivity contribution < 1.29 is 14.4 Å². The minimum Gasteiger partial charge on any atom is -0.299 e. The van der Waals surface area contributed by atoms with Crippen molar-refractivity contribution >= 4 is 29.2 Å². The van der Waals surface area contributed by atoms with E-state index in [1.54, 1.807) is 24.3 Å². The van der Waals surface area contributed by atoms with Crippen LogP contribution in [0.3, 0.4) is 0 Å². The molecule has 0 aromatic heterocycles. The molecule has 128 valence electrons. The summed E-state index contributed by atoms with van der Waals surface area (Å²) in [5.74, 6) is -0.651. The summed E-state index contributed by atoms with van der Waals surface area (Å²) in [6, 6.07) is 6.61. The minimum atomic E-state index is -0.771. The molecule has 2 aliphatic rings. The third-order valence-electron chi connectivity index (χ3n) is 6.55. The van der Waals surface area contributed by atoms with E-state index in [-0.39, 0.29) is 23.7 Å². The summed E-state index contributed by atoms with van der Waals surface area (Å²) in [6.07, 6.45) is 1.57. The molecule has 5 nitrogen and oxygen atoms in total. The van der Waals surface area contributed by atoms with Crippen LogP contribution in [-0.4, -0.2) is 17.6 Å². The lowest BCUT2D eigenvalue weighted by Crippen LogP contribution is -2.52. The maximum absolute atomic E-state index is 12.8. The molecule has 3 rings (SSSR count). The number of hydrazine groups is 1. The number of nitrogens with one attached hydrogen (secondary N) is 2. The van der Waals surface area contributed by atoms with Gasteiger partial charge in [0.1, 0.15) is 5.78 Å². The van der Waals surface area contributed by atoms with Crippen molar-refractivity contribution in [3.8, 4) is 0 Å². The SMILES string of the molecule is CC12CCC(C(=O)NNC(=O)c3ccccc3Cl)(CC1=O)C2(C)C. The lowest BCUT2D eigenvalue weighted by atomic mass is 9.64. The van der Waals surface area contributed by atoms with Crippen molar-refractivity contribution in [2.24, 2.45) is 16.2 Å². The molecule has 0 aliphatic heterocycles. The third-order valence-corrected chi connectivity index (χ3v) is 6.88. The average molecular weight is 349 g/mol. The van der Waals surface area contributed by atoms with Crippen molar-refractivity contribution in [1.29, 1.82) is 0 Å². The van der Waals surface area contributed by atoms with Crippen LogP contribution in [0.15, 0.2) is 24.3 Å². The zero-order valence-corrected chi connectivity index (χ0v) is 14.8. The predicted octanol–water partition coefficient (Wildman–Crippen LogP) is 2.89. The van der Waals surface area contributed by atoms with Gasteiger partial charge >= 0.3 is 0 Å². The fraction of sp³-hybridized carbons (Fsp3) is 0.500. The average Bonchev–Trinajstić information content (AvgIpc) is 2.83. The fourth-order valence-electron chi connectivity index (χ4n) is 4.31. The molecule has 0 spiro atoms. The first-order valence-electron chi connectivity index (χ1n) is 8.04. The standard InChI is InChI=1S/C18H21ClN2O3/c1-16(2)17(3)8-9-18(16,10-13(17)22)15(24)21-20-14(23)11-6-4-5-7-12(11)19/h4-7H,8-10H2,1-3H3,(H,20,23)(H,21,24). The summed E-state index contributed by atoms with van der Waals surface area (Å²) in [5.41, 5.74) is 3.53. The van der Waals surface area contributed by atoms with Crippen LogP contribution in [0.25, 0.3) is 0 Å². The largest absolute Gasteiger partial charge is 0.299 e. The van der Waals surface area contributed by atoms with Gasteiger partial charge in [-0.25, -0.2) is 0 Å². The summed E-state index contributed by atoms with van der Waals surface area (Å²) < 4.78 is 0. The molecule has 2 N–H and O–H groups in total. The summed E-state index contributed by atoms with van der Waals surface area (Å²) in [7, 11) is 0. The van der Waals surface area contributed by atoms with Gasteiger partial charge in [0.15, 0.2) is 0 Å². The van der Waals surface area contributed by atoms with Crippen LogP contribution in [0, 0.1) is 16.2 Å². The van der Waals surface area contributed by atoms with Crippen molar-refractivity contribution in [3.05, 3.63) is 34.9 Å². The van der Waals surface area contributed by atoms with Gasteiger partial charge in [-0.3, -0.25) is 25.2 Å². The van der Waals surface area contributed by atoms with Gasteiger partial charge < -0.3 is 0 Å². The normalized spacial score (nSPS) is 30.2. The van der Waals surface area contributed by atoms with Crippen molar-refractivity contribution in [1.82, 2.24) is 10.9 Å². The molecular formula is C18H21ClN2O3. The zero-order valence-electron chi connectivity index (χ0n) is 14.0. The van der Waals surface area contributed by atoms with Crippen LogP contribution in [0.4, 0.5) is 0 Å². The highest BCUT2D eigenvalue weighted by Crippen LogP contribution is 2.70. The van der Waals surface area contributed by atoms with Gasteiger partial charge in [0.05, 0.1) is 16.0 Å². The number of amides is 2. The molecule has 2 aliphatic carbocycles. The van der Waals surface area contributed by atoms with Gasteiger partial charge in [-0.2, -0.15) is 0 Å². The second kappa shape index (κ2) is 5.31. The Morgan fingerprint density at radius 3 is 2.29 bits per heavy atom. The Labute approximate surface area is 146 Å². The Morgan fingerprint density at radius 2 is 1.75 bits per heavy atom. The topological polar surface area (TPSA) is 75.3 Å². The summed E-state index contributed by atoms with van der Waals surface area (Å²) in [5, 5.41) is 0.312. The summed E-state index contributed by atoms with van der Waals surface area (Å²) in [6.45, 7) is 5.89. The highest BCUT2D eigenvalue weighted by Gasteiger charge is 2.72. The van der Waals surface area contributed by atoms with E-state index in [1.165, 1.54) is 0 Å². The first kappa shape index (κ1) is 17.0. The highest BCUT2D eigenvalue weighted by molar-refractivity contribution is 6.33. The second-order valence-corrected chi connectivity index (χ2v) is 7.93. The molecule has 1 aromatic rings. The monoisotopic (exact) mass is 348 g/mol. The lowest BCUT2D eigenvalue weighted by molar-refractivity contribution is -0.137. The first-order chi connectivity index (χ1) is 11.2. The molecule has 2 amide bonds. The molecule has 2 atom stereocenters.